The van der Waals surface area contributed by atoms with E-state index < -0.39 is 16.0 Å². The number of benzene rings is 1. The summed E-state index contributed by atoms with van der Waals surface area (Å²) in [6.45, 7) is 2.43. The van der Waals surface area contributed by atoms with Crippen LogP contribution in [0.25, 0.3) is 0 Å². The average molecular weight is 349 g/mol. The topological polar surface area (TPSA) is 92.5 Å². The lowest BCUT2D eigenvalue weighted by molar-refractivity contribution is 0.0696. The number of imidazole rings is 1. The number of hydrogen-bond donors (Lipinski definition) is 1. The van der Waals surface area contributed by atoms with Gasteiger partial charge in [0, 0.05) is 26.3 Å². The van der Waals surface area contributed by atoms with Crippen molar-refractivity contribution in [1.29, 1.82) is 0 Å². The highest BCUT2D eigenvalue weighted by Gasteiger charge is 2.29. The van der Waals surface area contributed by atoms with Crippen LogP contribution < -0.4 is 0 Å². The molecule has 3 rings (SSSR count). The van der Waals surface area contributed by atoms with Gasteiger partial charge < -0.3 is 9.67 Å². The molecule has 0 bridgehead atoms. The molecule has 24 heavy (non-hydrogen) atoms. The molecule has 0 unspecified atom stereocenters. The summed E-state index contributed by atoms with van der Waals surface area (Å²) in [5.41, 5.74) is 2.12. The van der Waals surface area contributed by atoms with Crippen molar-refractivity contribution in [3.8, 4) is 0 Å². The molecule has 0 saturated heterocycles. The summed E-state index contributed by atoms with van der Waals surface area (Å²) in [5.74, 6) is -0.340. The molecule has 0 atom stereocenters. The first-order valence-electron chi connectivity index (χ1n) is 7.64. The summed E-state index contributed by atoms with van der Waals surface area (Å²) in [6.07, 6.45) is 2.56. The van der Waals surface area contributed by atoms with Gasteiger partial charge in [0.05, 0.1) is 5.56 Å². The molecule has 2 aromatic rings. The summed E-state index contributed by atoms with van der Waals surface area (Å²) < 4.78 is 28.7. The van der Waals surface area contributed by atoms with Crippen molar-refractivity contribution in [2.75, 3.05) is 13.1 Å². The Morgan fingerprint density at radius 1 is 1.21 bits per heavy atom. The highest BCUT2D eigenvalue weighted by Crippen LogP contribution is 2.22. The van der Waals surface area contributed by atoms with Crippen LogP contribution in [0.5, 0.6) is 0 Å². The van der Waals surface area contributed by atoms with Gasteiger partial charge in [0.1, 0.15) is 5.82 Å². The Labute approximate surface area is 140 Å². The Kier molecular flexibility index (Phi) is 4.18. The summed E-state index contributed by atoms with van der Waals surface area (Å²) >= 11 is 0. The molecule has 0 saturated carbocycles. The Morgan fingerprint density at radius 3 is 2.46 bits per heavy atom. The molecule has 0 amide bonds. The van der Waals surface area contributed by atoms with Crippen LogP contribution in [0.2, 0.25) is 0 Å². The summed E-state index contributed by atoms with van der Waals surface area (Å²) in [4.78, 5) is 15.2. The Bertz CT molecular complexity index is 883. The molecule has 1 aromatic heterocycles. The summed E-state index contributed by atoms with van der Waals surface area (Å²) in [6, 6.07) is 4.98. The number of sulfonamides is 1. The number of aromatic nitrogens is 2. The first kappa shape index (κ1) is 16.7. The first-order valence-corrected chi connectivity index (χ1v) is 9.08. The van der Waals surface area contributed by atoms with E-state index in [0.717, 1.165) is 11.1 Å². The maximum atomic E-state index is 12.8. The number of carboxylic acid groups (broad SMARTS) is 1. The van der Waals surface area contributed by atoms with Gasteiger partial charge in [-0.3, -0.25) is 0 Å². The molecular weight excluding hydrogens is 330 g/mol. The zero-order valence-electron chi connectivity index (χ0n) is 13.6. The van der Waals surface area contributed by atoms with E-state index in [0.29, 0.717) is 31.8 Å². The van der Waals surface area contributed by atoms with Crippen LogP contribution in [0.15, 0.2) is 29.4 Å². The molecule has 2 heterocycles. The van der Waals surface area contributed by atoms with Crippen LogP contribution in [0.4, 0.5) is 0 Å². The van der Waals surface area contributed by atoms with Gasteiger partial charge in [-0.15, -0.1) is 0 Å². The monoisotopic (exact) mass is 349 g/mol. The van der Waals surface area contributed by atoms with E-state index in [2.05, 4.69) is 4.98 Å². The van der Waals surface area contributed by atoms with Crippen molar-refractivity contribution in [3.05, 3.63) is 46.9 Å². The molecule has 8 heteroatoms. The van der Waals surface area contributed by atoms with E-state index in [4.69, 9.17) is 5.11 Å². The van der Waals surface area contributed by atoms with Gasteiger partial charge in [0.25, 0.3) is 10.0 Å². The number of nitrogens with zero attached hydrogens (tertiary/aromatic N) is 3. The standard InChI is InChI=1S/C16H19N3O4S/c1-11-17-15(10-18(11)2)24(22,23)19-7-5-12-3-4-14(16(20)21)9-13(12)6-8-19/h3-4,9-10H,5-8H2,1-2H3,(H,20,21). The third-order valence-electron chi connectivity index (χ3n) is 4.41. The van der Waals surface area contributed by atoms with Gasteiger partial charge in [-0.05, 0) is 43.0 Å². The predicted octanol–water partition coefficient (Wildman–Crippen LogP) is 1.22. The van der Waals surface area contributed by atoms with Crippen LogP contribution in [0, 0.1) is 6.92 Å². The fourth-order valence-corrected chi connectivity index (χ4v) is 4.33. The number of hydrogen-bond acceptors (Lipinski definition) is 4. The number of aryl methyl sites for hydroxylation is 2. The summed E-state index contributed by atoms with van der Waals surface area (Å²) in [5, 5.41) is 9.15. The van der Waals surface area contributed by atoms with E-state index in [1.54, 1.807) is 36.7 Å². The lowest BCUT2D eigenvalue weighted by atomic mass is 10.0. The van der Waals surface area contributed by atoms with Crippen LogP contribution >= 0.6 is 0 Å². The smallest absolute Gasteiger partial charge is 0.335 e. The Hall–Kier alpha value is -2.19. The molecule has 7 nitrogen and oxygen atoms in total. The maximum absolute atomic E-state index is 12.8. The molecule has 0 fully saturated rings. The number of rotatable bonds is 3. The van der Waals surface area contributed by atoms with Crippen molar-refractivity contribution in [2.45, 2.75) is 24.8 Å². The highest BCUT2D eigenvalue weighted by molar-refractivity contribution is 7.89. The molecule has 0 aliphatic carbocycles. The lowest BCUT2D eigenvalue weighted by Crippen LogP contribution is -2.33. The minimum absolute atomic E-state index is 0.0553. The minimum atomic E-state index is -3.65. The van der Waals surface area contributed by atoms with Crippen molar-refractivity contribution >= 4 is 16.0 Å². The highest BCUT2D eigenvalue weighted by atomic mass is 32.2. The largest absolute Gasteiger partial charge is 0.478 e. The molecule has 1 aromatic carbocycles. The Balaban J connectivity index is 1.87. The lowest BCUT2D eigenvalue weighted by Gasteiger charge is -2.18. The number of aromatic carboxylic acids is 1. The molecule has 1 aliphatic rings. The zero-order chi connectivity index (χ0) is 17.5. The van der Waals surface area contributed by atoms with Gasteiger partial charge in [-0.2, -0.15) is 4.31 Å². The van der Waals surface area contributed by atoms with Crippen molar-refractivity contribution in [1.82, 2.24) is 13.9 Å². The molecular formula is C16H19N3O4S. The van der Waals surface area contributed by atoms with Gasteiger partial charge >= 0.3 is 5.97 Å². The van der Waals surface area contributed by atoms with Gasteiger partial charge in [0.2, 0.25) is 0 Å². The normalized spacial score (nSPS) is 15.8. The van der Waals surface area contributed by atoms with Gasteiger partial charge in [-0.25, -0.2) is 18.2 Å². The average Bonchev–Trinajstić information content (AvgIpc) is 2.75. The third kappa shape index (κ3) is 2.94. The Morgan fingerprint density at radius 2 is 1.88 bits per heavy atom. The molecule has 1 aliphatic heterocycles. The number of carbonyl (C=O) groups is 1. The molecule has 1 N–H and O–H groups in total. The quantitative estimate of drug-likeness (QED) is 0.899. The van der Waals surface area contributed by atoms with Gasteiger partial charge in [0.15, 0.2) is 5.03 Å². The first-order chi connectivity index (χ1) is 11.3. The van der Waals surface area contributed by atoms with E-state index in [9.17, 15) is 13.2 Å². The molecule has 128 valence electrons. The van der Waals surface area contributed by atoms with E-state index in [-0.39, 0.29) is 10.6 Å². The fourth-order valence-electron chi connectivity index (χ4n) is 2.86. The van der Waals surface area contributed by atoms with E-state index in [1.165, 1.54) is 10.5 Å². The maximum Gasteiger partial charge on any atom is 0.335 e. The summed E-state index contributed by atoms with van der Waals surface area (Å²) in [7, 11) is -1.89. The minimum Gasteiger partial charge on any atom is -0.478 e. The fraction of sp³-hybridized carbons (Fsp3) is 0.375. The number of fused-ring (bicyclic) bond motifs is 1. The second-order valence-electron chi connectivity index (χ2n) is 5.93. The van der Waals surface area contributed by atoms with Crippen LogP contribution in [-0.2, 0) is 29.9 Å². The van der Waals surface area contributed by atoms with Crippen molar-refractivity contribution < 1.29 is 18.3 Å². The molecule has 0 radical (unpaired) electrons. The van der Waals surface area contributed by atoms with E-state index >= 15 is 0 Å². The predicted molar refractivity (Wildman–Crippen MR) is 87.5 cm³/mol. The SMILES string of the molecule is Cc1nc(S(=O)(=O)N2CCc3ccc(C(=O)O)cc3CC2)cn1C. The van der Waals surface area contributed by atoms with Crippen molar-refractivity contribution in [3.63, 3.8) is 0 Å². The van der Waals surface area contributed by atoms with Crippen LogP contribution in [0.1, 0.15) is 27.3 Å². The van der Waals surface area contributed by atoms with E-state index in [1.807, 2.05) is 0 Å². The van der Waals surface area contributed by atoms with Crippen molar-refractivity contribution in [2.24, 2.45) is 7.05 Å². The molecule has 0 spiro atoms. The van der Waals surface area contributed by atoms with Gasteiger partial charge in [-0.1, -0.05) is 6.07 Å². The third-order valence-corrected chi connectivity index (χ3v) is 6.18. The second kappa shape index (κ2) is 6.03. The van der Waals surface area contributed by atoms with Crippen LogP contribution in [0.3, 0.4) is 0 Å². The van der Waals surface area contributed by atoms with Crippen LogP contribution in [-0.4, -0.2) is 46.4 Å². The second-order valence-corrected chi connectivity index (χ2v) is 7.81. The zero-order valence-corrected chi connectivity index (χ0v) is 14.4. The number of carboxylic acids is 1.